The van der Waals surface area contributed by atoms with Crippen LogP contribution in [-0.4, -0.2) is 23.2 Å². The predicted octanol–water partition coefficient (Wildman–Crippen LogP) is 2.45. The minimum Gasteiger partial charge on any atom is -0.358 e. The summed E-state index contributed by atoms with van der Waals surface area (Å²) >= 11 is 4.04. The van der Waals surface area contributed by atoms with Gasteiger partial charge in [-0.3, -0.25) is 4.79 Å². The van der Waals surface area contributed by atoms with E-state index in [0.29, 0.717) is 18.7 Å². The molecule has 2 aromatic rings. The van der Waals surface area contributed by atoms with Crippen molar-refractivity contribution in [3.05, 3.63) is 35.5 Å². The zero-order valence-corrected chi connectivity index (χ0v) is 11.4. The Morgan fingerprint density at radius 2 is 2.17 bits per heavy atom. The van der Waals surface area contributed by atoms with Crippen LogP contribution in [0.25, 0.3) is 10.9 Å². The van der Waals surface area contributed by atoms with E-state index in [0.717, 1.165) is 11.9 Å². The minimum absolute atomic E-state index is 0.0718. The lowest BCUT2D eigenvalue weighted by Crippen LogP contribution is -2.25. The third kappa shape index (κ3) is 2.88. The molecule has 0 aliphatic carbocycles. The van der Waals surface area contributed by atoms with Gasteiger partial charge < -0.3 is 10.3 Å². The van der Waals surface area contributed by atoms with E-state index in [1.54, 1.807) is 0 Å². The smallest absolute Gasteiger partial charge is 0.220 e. The average molecular weight is 262 g/mol. The lowest BCUT2D eigenvalue weighted by Gasteiger charge is -2.04. The van der Waals surface area contributed by atoms with Crippen LogP contribution in [0, 0.1) is 6.92 Å². The molecule has 1 heterocycles. The number of rotatable bonds is 5. The van der Waals surface area contributed by atoms with E-state index in [1.165, 1.54) is 16.6 Å². The zero-order valence-electron chi connectivity index (χ0n) is 10.5. The molecule has 0 radical (unpaired) electrons. The number of fused-ring (bicyclic) bond motifs is 1. The summed E-state index contributed by atoms with van der Waals surface area (Å²) in [5.74, 6) is 0.667. The molecule has 2 N–H and O–H groups in total. The van der Waals surface area contributed by atoms with Gasteiger partial charge in [0.15, 0.2) is 0 Å². The van der Waals surface area contributed by atoms with Gasteiger partial charge in [0, 0.05) is 29.6 Å². The summed E-state index contributed by atoms with van der Waals surface area (Å²) in [4.78, 5) is 14.7. The second kappa shape index (κ2) is 5.96. The van der Waals surface area contributed by atoms with Crippen molar-refractivity contribution in [1.82, 2.24) is 10.3 Å². The van der Waals surface area contributed by atoms with E-state index < -0.39 is 0 Å². The molecule has 4 heteroatoms. The molecule has 0 saturated carbocycles. The molecule has 1 aromatic heterocycles. The number of H-pyrrole nitrogens is 1. The second-order valence-electron chi connectivity index (χ2n) is 4.35. The Labute approximate surface area is 112 Å². The van der Waals surface area contributed by atoms with Crippen molar-refractivity contribution < 1.29 is 4.79 Å². The third-order valence-corrected chi connectivity index (χ3v) is 3.29. The molecule has 2 rings (SSSR count). The standard InChI is InChI=1S/C14H18N2OS/c1-10-11(6-8-15-14(17)7-9-18)12-4-2-3-5-13(12)16-10/h2-5,16,18H,6-9H2,1H3,(H,15,17). The van der Waals surface area contributed by atoms with Gasteiger partial charge in [0.25, 0.3) is 0 Å². The molecule has 18 heavy (non-hydrogen) atoms. The topological polar surface area (TPSA) is 44.9 Å². The van der Waals surface area contributed by atoms with Crippen molar-refractivity contribution in [2.24, 2.45) is 0 Å². The predicted molar refractivity (Wildman–Crippen MR) is 78.2 cm³/mol. The van der Waals surface area contributed by atoms with Crippen LogP contribution < -0.4 is 5.32 Å². The van der Waals surface area contributed by atoms with Gasteiger partial charge in [0.05, 0.1) is 0 Å². The largest absolute Gasteiger partial charge is 0.358 e. The summed E-state index contributed by atoms with van der Waals surface area (Å²) in [6.07, 6.45) is 1.34. The Balaban J connectivity index is 2.03. The van der Waals surface area contributed by atoms with Crippen LogP contribution in [0.2, 0.25) is 0 Å². The summed E-state index contributed by atoms with van der Waals surface area (Å²) in [7, 11) is 0. The van der Waals surface area contributed by atoms with Crippen molar-refractivity contribution >= 4 is 29.4 Å². The van der Waals surface area contributed by atoms with Gasteiger partial charge in [-0.15, -0.1) is 0 Å². The van der Waals surface area contributed by atoms with Gasteiger partial charge in [-0.2, -0.15) is 12.6 Å². The molecular weight excluding hydrogens is 244 g/mol. The Bertz CT molecular complexity index is 548. The molecular formula is C14H18N2OS. The number of carbonyl (C=O) groups excluding carboxylic acids is 1. The van der Waals surface area contributed by atoms with Crippen molar-refractivity contribution in [3.63, 3.8) is 0 Å². The molecule has 0 saturated heterocycles. The molecule has 3 nitrogen and oxygen atoms in total. The number of hydrogen-bond donors (Lipinski definition) is 3. The van der Waals surface area contributed by atoms with E-state index in [4.69, 9.17) is 0 Å². The molecule has 0 atom stereocenters. The van der Waals surface area contributed by atoms with E-state index in [-0.39, 0.29) is 5.91 Å². The summed E-state index contributed by atoms with van der Waals surface area (Å²) in [5.41, 5.74) is 3.63. The Kier molecular flexibility index (Phi) is 4.31. The molecule has 0 aliphatic rings. The van der Waals surface area contributed by atoms with Gasteiger partial charge in [-0.05, 0) is 30.7 Å². The monoisotopic (exact) mass is 262 g/mol. The van der Waals surface area contributed by atoms with E-state index >= 15 is 0 Å². The molecule has 1 aromatic carbocycles. The van der Waals surface area contributed by atoms with Gasteiger partial charge in [0.1, 0.15) is 0 Å². The van der Waals surface area contributed by atoms with Crippen LogP contribution in [0.5, 0.6) is 0 Å². The molecule has 96 valence electrons. The first-order valence-corrected chi connectivity index (χ1v) is 6.79. The van der Waals surface area contributed by atoms with Crippen LogP contribution in [-0.2, 0) is 11.2 Å². The Hall–Kier alpha value is -1.42. The fraction of sp³-hybridized carbons (Fsp3) is 0.357. The van der Waals surface area contributed by atoms with Gasteiger partial charge >= 0.3 is 0 Å². The highest BCUT2D eigenvalue weighted by molar-refractivity contribution is 7.80. The maximum atomic E-state index is 11.4. The highest BCUT2D eigenvalue weighted by Gasteiger charge is 2.07. The molecule has 0 aliphatic heterocycles. The molecule has 0 bridgehead atoms. The normalized spacial score (nSPS) is 10.8. The number of aryl methyl sites for hydroxylation is 1. The Morgan fingerprint density at radius 3 is 2.94 bits per heavy atom. The summed E-state index contributed by atoms with van der Waals surface area (Å²) in [6, 6.07) is 8.25. The first-order valence-electron chi connectivity index (χ1n) is 6.16. The maximum Gasteiger partial charge on any atom is 0.220 e. The summed E-state index contributed by atoms with van der Waals surface area (Å²) in [6.45, 7) is 2.75. The van der Waals surface area contributed by atoms with Crippen LogP contribution >= 0.6 is 12.6 Å². The lowest BCUT2D eigenvalue weighted by molar-refractivity contribution is -0.120. The SMILES string of the molecule is Cc1[nH]c2ccccc2c1CCNC(=O)CCS. The number of aromatic amines is 1. The second-order valence-corrected chi connectivity index (χ2v) is 4.79. The third-order valence-electron chi connectivity index (χ3n) is 3.06. The molecule has 0 spiro atoms. The van der Waals surface area contributed by atoms with Crippen LogP contribution in [0.3, 0.4) is 0 Å². The maximum absolute atomic E-state index is 11.4. The van der Waals surface area contributed by atoms with Crippen LogP contribution in [0.1, 0.15) is 17.7 Å². The van der Waals surface area contributed by atoms with Crippen LogP contribution in [0.15, 0.2) is 24.3 Å². The number of thiol groups is 1. The molecule has 1 amide bonds. The molecule has 0 unspecified atom stereocenters. The summed E-state index contributed by atoms with van der Waals surface area (Å²) in [5, 5.41) is 4.16. The zero-order chi connectivity index (χ0) is 13.0. The average Bonchev–Trinajstić information content (AvgIpc) is 2.66. The number of nitrogens with one attached hydrogen (secondary N) is 2. The first-order chi connectivity index (χ1) is 8.72. The number of aromatic nitrogens is 1. The number of para-hydroxylation sites is 1. The van der Waals surface area contributed by atoms with E-state index in [1.807, 2.05) is 12.1 Å². The first kappa shape index (κ1) is 13.0. The van der Waals surface area contributed by atoms with E-state index in [9.17, 15) is 4.79 Å². The quantitative estimate of drug-likeness (QED) is 0.712. The number of amides is 1. The fourth-order valence-corrected chi connectivity index (χ4v) is 2.38. The van der Waals surface area contributed by atoms with Crippen LogP contribution in [0.4, 0.5) is 0 Å². The van der Waals surface area contributed by atoms with Gasteiger partial charge in [0.2, 0.25) is 5.91 Å². The highest BCUT2D eigenvalue weighted by Crippen LogP contribution is 2.21. The fourth-order valence-electron chi connectivity index (χ4n) is 2.17. The minimum atomic E-state index is 0.0718. The van der Waals surface area contributed by atoms with Crippen molar-refractivity contribution in [2.45, 2.75) is 19.8 Å². The number of carbonyl (C=O) groups is 1. The Morgan fingerprint density at radius 1 is 1.39 bits per heavy atom. The summed E-state index contributed by atoms with van der Waals surface area (Å²) < 4.78 is 0. The number of benzene rings is 1. The van der Waals surface area contributed by atoms with E-state index in [2.05, 4.69) is 42.0 Å². The van der Waals surface area contributed by atoms with Crippen molar-refractivity contribution in [2.75, 3.05) is 12.3 Å². The lowest BCUT2D eigenvalue weighted by atomic mass is 10.1. The number of hydrogen-bond acceptors (Lipinski definition) is 2. The highest BCUT2D eigenvalue weighted by atomic mass is 32.1. The van der Waals surface area contributed by atoms with Gasteiger partial charge in [-0.25, -0.2) is 0 Å². The van der Waals surface area contributed by atoms with Crippen molar-refractivity contribution in [1.29, 1.82) is 0 Å². The molecule has 0 fully saturated rings. The van der Waals surface area contributed by atoms with Crippen molar-refractivity contribution in [3.8, 4) is 0 Å². The van der Waals surface area contributed by atoms with Gasteiger partial charge in [-0.1, -0.05) is 18.2 Å².